The van der Waals surface area contributed by atoms with Crippen LogP contribution in [0.25, 0.3) is 0 Å². The van der Waals surface area contributed by atoms with Crippen LogP contribution in [-0.2, 0) is 16.6 Å². The van der Waals surface area contributed by atoms with Crippen LogP contribution in [0.5, 0.6) is 0 Å². The van der Waals surface area contributed by atoms with Crippen LogP contribution in [0.3, 0.4) is 0 Å². The fourth-order valence-corrected chi connectivity index (χ4v) is 1.65. The van der Waals surface area contributed by atoms with E-state index in [2.05, 4.69) is 10.0 Å². The molecule has 0 fully saturated rings. The van der Waals surface area contributed by atoms with Gasteiger partial charge in [0.1, 0.15) is 0 Å². The average molecular weight is 244 g/mol. The summed E-state index contributed by atoms with van der Waals surface area (Å²) < 4.78 is 24.1. The lowest BCUT2D eigenvalue weighted by Crippen LogP contribution is -2.19. The van der Waals surface area contributed by atoms with E-state index in [-0.39, 0.29) is 6.54 Å². The van der Waals surface area contributed by atoms with Crippen LogP contribution < -0.4 is 10.0 Å². The van der Waals surface area contributed by atoms with Crippen molar-refractivity contribution in [3.63, 3.8) is 0 Å². The highest BCUT2D eigenvalue weighted by Gasteiger charge is 2.01. The highest BCUT2D eigenvalue weighted by molar-refractivity contribution is 7.92. The number of nitrogens with one attached hydrogen (secondary N) is 2. The van der Waals surface area contributed by atoms with Crippen molar-refractivity contribution in [1.82, 2.24) is 5.32 Å². The van der Waals surface area contributed by atoms with E-state index in [9.17, 15) is 13.2 Å². The molecule has 1 aromatic carbocycles. The van der Waals surface area contributed by atoms with Gasteiger partial charge in [-0.3, -0.25) is 4.72 Å². The number of carbonyl (C=O) groups is 1. The zero-order chi connectivity index (χ0) is 12.2. The molecular formula is C9H12N2O4S. The average Bonchev–Trinajstić information content (AvgIpc) is 2.14. The largest absolute Gasteiger partial charge is 0.465 e. The summed E-state index contributed by atoms with van der Waals surface area (Å²) in [6.07, 6.45) is -0.0364. The van der Waals surface area contributed by atoms with Crippen LogP contribution in [0.1, 0.15) is 5.56 Å². The molecule has 0 spiro atoms. The lowest BCUT2D eigenvalue weighted by atomic mass is 10.2. The quantitative estimate of drug-likeness (QED) is 0.730. The van der Waals surface area contributed by atoms with Crippen LogP contribution in [-0.4, -0.2) is 25.9 Å². The van der Waals surface area contributed by atoms with E-state index in [1.54, 1.807) is 24.3 Å². The van der Waals surface area contributed by atoms with E-state index >= 15 is 0 Å². The Labute approximate surface area is 93.3 Å². The van der Waals surface area contributed by atoms with Crippen LogP contribution in [0.4, 0.5) is 10.5 Å². The van der Waals surface area contributed by atoms with Crippen LogP contribution in [0.2, 0.25) is 0 Å². The van der Waals surface area contributed by atoms with Gasteiger partial charge in [-0.2, -0.15) is 0 Å². The molecule has 0 aliphatic carbocycles. The molecule has 0 saturated heterocycles. The third-order valence-corrected chi connectivity index (χ3v) is 2.31. The maximum atomic E-state index is 10.9. The molecule has 0 aliphatic rings. The zero-order valence-corrected chi connectivity index (χ0v) is 9.41. The second-order valence-corrected chi connectivity index (χ2v) is 4.98. The fourth-order valence-electron chi connectivity index (χ4n) is 1.08. The van der Waals surface area contributed by atoms with Gasteiger partial charge >= 0.3 is 6.09 Å². The Bertz CT molecular complexity index is 467. The number of amides is 1. The zero-order valence-electron chi connectivity index (χ0n) is 8.60. The van der Waals surface area contributed by atoms with Gasteiger partial charge in [0.05, 0.1) is 6.26 Å². The van der Waals surface area contributed by atoms with E-state index in [0.717, 1.165) is 11.8 Å². The van der Waals surface area contributed by atoms with Crippen LogP contribution >= 0.6 is 0 Å². The smallest absolute Gasteiger partial charge is 0.404 e. The second kappa shape index (κ2) is 4.84. The summed E-state index contributed by atoms with van der Waals surface area (Å²) >= 11 is 0. The Morgan fingerprint density at radius 3 is 2.31 bits per heavy atom. The summed E-state index contributed by atoms with van der Waals surface area (Å²) in [5.74, 6) is 0. The first-order valence-corrected chi connectivity index (χ1v) is 6.29. The molecule has 7 heteroatoms. The van der Waals surface area contributed by atoms with Gasteiger partial charge in [0.25, 0.3) is 0 Å². The summed E-state index contributed by atoms with van der Waals surface area (Å²) in [6.45, 7) is 0.189. The molecule has 6 nitrogen and oxygen atoms in total. The van der Waals surface area contributed by atoms with Gasteiger partial charge in [0.15, 0.2) is 0 Å². The predicted octanol–water partition coefficient (Wildman–Crippen LogP) is 0.826. The lowest BCUT2D eigenvalue weighted by molar-refractivity contribution is 0.194. The predicted molar refractivity (Wildman–Crippen MR) is 59.8 cm³/mol. The molecule has 3 N–H and O–H groups in total. The standard InChI is InChI=1S/C9H12N2O4S/c1-16(14,15)11-8-4-2-7(3-5-8)6-10-9(12)13/h2-5,10-11H,6H2,1H3,(H,12,13). The van der Waals surface area contributed by atoms with Crippen molar-refractivity contribution in [2.75, 3.05) is 11.0 Å². The van der Waals surface area contributed by atoms with E-state index in [1.807, 2.05) is 0 Å². The van der Waals surface area contributed by atoms with Crippen molar-refractivity contribution in [1.29, 1.82) is 0 Å². The highest BCUT2D eigenvalue weighted by atomic mass is 32.2. The van der Waals surface area contributed by atoms with Crippen molar-refractivity contribution in [2.45, 2.75) is 6.54 Å². The normalized spacial score (nSPS) is 10.8. The molecule has 1 rings (SSSR count). The summed E-state index contributed by atoms with van der Waals surface area (Å²) in [5.41, 5.74) is 1.20. The molecule has 1 amide bonds. The number of rotatable bonds is 4. The fraction of sp³-hybridized carbons (Fsp3) is 0.222. The summed E-state index contributed by atoms with van der Waals surface area (Å²) in [5, 5.41) is 10.6. The first kappa shape index (κ1) is 12.3. The van der Waals surface area contributed by atoms with Gasteiger partial charge in [-0.1, -0.05) is 12.1 Å². The van der Waals surface area contributed by atoms with Crippen molar-refractivity contribution in [3.8, 4) is 0 Å². The summed E-state index contributed by atoms with van der Waals surface area (Å²) in [6, 6.07) is 6.42. The highest BCUT2D eigenvalue weighted by Crippen LogP contribution is 2.10. The monoisotopic (exact) mass is 244 g/mol. The third kappa shape index (κ3) is 4.65. The second-order valence-electron chi connectivity index (χ2n) is 3.23. The maximum Gasteiger partial charge on any atom is 0.404 e. The third-order valence-electron chi connectivity index (χ3n) is 1.70. The first-order chi connectivity index (χ1) is 7.37. The number of hydrogen-bond acceptors (Lipinski definition) is 3. The minimum absolute atomic E-state index is 0.189. The molecule has 0 heterocycles. The number of carboxylic acid groups (broad SMARTS) is 1. The van der Waals surface area contributed by atoms with Gasteiger partial charge < -0.3 is 10.4 Å². The number of sulfonamides is 1. The van der Waals surface area contributed by atoms with Crippen molar-refractivity contribution < 1.29 is 18.3 Å². The topological polar surface area (TPSA) is 95.5 Å². The SMILES string of the molecule is CS(=O)(=O)Nc1ccc(CNC(=O)O)cc1. The summed E-state index contributed by atoms with van der Waals surface area (Å²) in [4.78, 5) is 10.2. The van der Waals surface area contributed by atoms with E-state index in [4.69, 9.17) is 5.11 Å². The van der Waals surface area contributed by atoms with E-state index in [0.29, 0.717) is 5.69 Å². The number of benzene rings is 1. The number of hydrogen-bond donors (Lipinski definition) is 3. The minimum atomic E-state index is -3.28. The van der Waals surface area contributed by atoms with Gasteiger partial charge in [0.2, 0.25) is 10.0 Å². The Morgan fingerprint density at radius 1 is 1.31 bits per heavy atom. The molecule has 0 bridgehead atoms. The first-order valence-electron chi connectivity index (χ1n) is 4.40. The van der Waals surface area contributed by atoms with Gasteiger partial charge in [-0.25, -0.2) is 13.2 Å². The van der Waals surface area contributed by atoms with Crippen LogP contribution in [0.15, 0.2) is 24.3 Å². The molecule has 0 aliphatic heterocycles. The van der Waals surface area contributed by atoms with E-state index < -0.39 is 16.1 Å². The Hall–Kier alpha value is -1.76. The summed E-state index contributed by atoms with van der Waals surface area (Å²) in [7, 11) is -3.28. The Kier molecular flexibility index (Phi) is 3.73. The Balaban J connectivity index is 2.64. The molecule has 0 saturated carbocycles. The van der Waals surface area contributed by atoms with Crippen molar-refractivity contribution in [2.24, 2.45) is 0 Å². The van der Waals surface area contributed by atoms with Crippen molar-refractivity contribution >= 4 is 21.8 Å². The Morgan fingerprint density at radius 2 is 1.88 bits per heavy atom. The van der Waals surface area contributed by atoms with E-state index in [1.165, 1.54) is 0 Å². The molecule has 1 aromatic rings. The lowest BCUT2D eigenvalue weighted by Gasteiger charge is -2.05. The molecule has 0 atom stereocenters. The molecule has 0 unspecified atom stereocenters. The maximum absolute atomic E-state index is 10.9. The number of anilines is 1. The van der Waals surface area contributed by atoms with Gasteiger partial charge in [-0.15, -0.1) is 0 Å². The molecule has 88 valence electrons. The van der Waals surface area contributed by atoms with Crippen LogP contribution in [0, 0.1) is 0 Å². The molecule has 0 radical (unpaired) electrons. The van der Waals surface area contributed by atoms with Gasteiger partial charge in [0, 0.05) is 12.2 Å². The molecule has 16 heavy (non-hydrogen) atoms. The molecule has 0 aromatic heterocycles. The van der Waals surface area contributed by atoms with Gasteiger partial charge in [-0.05, 0) is 17.7 Å². The van der Waals surface area contributed by atoms with Crippen molar-refractivity contribution in [3.05, 3.63) is 29.8 Å². The molecular weight excluding hydrogens is 232 g/mol. The minimum Gasteiger partial charge on any atom is -0.465 e.